The predicted molar refractivity (Wildman–Crippen MR) is 114 cm³/mol. The number of hydrogen-bond donors (Lipinski definition) is 1. The van der Waals surface area contributed by atoms with E-state index >= 15 is 0 Å². The van der Waals surface area contributed by atoms with Gasteiger partial charge in [0.05, 0.1) is 11.3 Å². The molecule has 0 bridgehead atoms. The molecular formula is C22H24FN5O3. The van der Waals surface area contributed by atoms with Gasteiger partial charge in [0, 0.05) is 49.8 Å². The third-order valence-corrected chi connectivity index (χ3v) is 5.07. The quantitative estimate of drug-likeness (QED) is 0.656. The van der Waals surface area contributed by atoms with Crippen molar-refractivity contribution in [3.63, 3.8) is 0 Å². The summed E-state index contributed by atoms with van der Waals surface area (Å²) in [5.41, 5.74) is 3.07. The molecule has 0 aliphatic carbocycles. The number of carbonyl (C=O) groups is 2. The van der Waals surface area contributed by atoms with Gasteiger partial charge in [0.1, 0.15) is 12.4 Å². The van der Waals surface area contributed by atoms with E-state index in [1.807, 2.05) is 20.9 Å². The van der Waals surface area contributed by atoms with Gasteiger partial charge in [-0.2, -0.15) is 5.10 Å². The van der Waals surface area contributed by atoms with Crippen LogP contribution < -0.4 is 10.9 Å². The summed E-state index contributed by atoms with van der Waals surface area (Å²) < 4.78 is 15.9. The van der Waals surface area contributed by atoms with Gasteiger partial charge in [-0.3, -0.25) is 19.1 Å². The lowest BCUT2D eigenvalue weighted by Crippen LogP contribution is -2.31. The second-order valence-corrected chi connectivity index (χ2v) is 7.37. The van der Waals surface area contributed by atoms with Gasteiger partial charge in [-0.05, 0) is 44.2 Å². The van der Waals surface area contributed by atoms with Gasteiger partial charge in [0.25, 0.3) is 11.5 Å². The molecule has 0 saturated heterocycles. The van der Waals surface area contributed by atoms with E-state index in [4.69, 9.17) is 0 Å². The number of carbonyl (C=O) groups excluding carboxylic acids is 2. The number of aromatic nitrogens is 3. The molecule has 1 N–H and O–H groups in total. The van der Waals surface area contributed by atoms with Crippen LogP contribution in [0.4, 0.5) is 10.1 Å². The molecule has 0 aliphatic heterocycles. The standard InChI is InChI=1S/C22H24FN5O3/c1-14-19(15(2)27(4)25-14)12-26(3)22(31)16-5-10-21(30)28(11-16)13-20(29)24-18-8-6-17(23)7-9-18/h5-11H,12-13H2,1-4H3,(H,24,29). The fraction of sp³-hybridized carbons (Fsp3) is 0.273. The minimum absolute atomic E-state index is 0.276. The summed E-state index contributed by atoms with van der Waals surface area (Å²) in [6.07, 6.45) is 1.37. The Morgan fingerprint density at radius 3 is 2.42 bits per heavy atom. The van der Waals surface area contributed by atoms with Gasteiger partial charge in [0.15, 0.2) is 0 Å². The molecule has 8 nitrogen and oxygen atoms in total. The minimum Gasteiger partial charge on any atom is -0.337 e. The Hall–Kier alpha value is -3.75. The molecule has 0 aliphatic rings. The van der Waals surface area contributed by atoms with E-state index in [0.717, 1.165) is 17.0 Å². The highest BCUT2D eigenvalue weighted by molar-refractivity contribution is 5.94. The lowest BCUT2D eigenvalue weighted by molar-refractivity contribution is -0.116. The van der Waals surface area contributed by atoms with Gasteiger partial charge in [-0.1, -0.05) is 0 Å². The average Bonchev–Trinajstić information content (AvgIpc) is 2.96. The number of nitrogens with one attached hydrogen (secondary N) is 1. The molecule has 31 heavy (non-hydrogen) atoms. The number of hydrogen-bond acceptors (Lipinski definition) is 4. The van der Waals surface area contributed by atoms with Crippen molar-refractivity contribution in [3.05, 3.63) is 81.3 Å². The molecule has 0 saturated carbocycles. The number of rotatable bonds is 6. The Balaban J connectivity index is 1.73. The van der Waals surface area contributed by atoms with Gasteiger partial charge < -0.3 is 14.8 Å². The maximum Gasteiger partial charge on any atom is 0.255 e. The first-order chi connectivity index (χ1) is 14.7. The van der Waals surface area contributed by atoms with Crippen LogP contribution in [0.5, 0.6) is 0 Å². The van der Waals surface area contributed by atoms with E-state index < -0.39 is 17.3 Å². The molecule has 162 valence electrons. The van der Waals surface area contributed by atoms with E-state index in [-0.39, 0.29) is 18.0 Å². The fourth-order valence-corrected chi connectivity index (χ4v) is 3.25. The van der Waals surface area contributed by atoms with Crippen LogP contribution in [0.2, 0.25) is 0 Å². The molecule has 0 atom stereocenters. The molecule has 1 aromatic carbocycles. The molecule has 9 heteroatoms. The van der Waals surface area contributed by atoms with Crippen molar-refractivity contribution >= 4 is 17.5 Å². The van der Waals surface area contributed by atoms with Crippen molar-refractivity contribution in [2.45, 2.75) is 26.9 Å². The summed E-state index contributed by atoms with van der Waals surface area (Å²) in [4.78, 5) is 38.9. The molecule has 0 radical (unpaired) electrons. The monoisotopic (exact) mass is 425 g/mol. The van der Waals surface area contributed by atoms with Crippen molar-refractivity contribution in [1.29, 1.82) is 0 Å². The summed E-state index contributed by atoms with van der Waals surface area (Å²) in [6, 6.07) is 8.00. The number of benzene rings is 1. The van der Waals surface area contributed by atoms with Crippen LogP contribution in [0.15, 0.2) is 47.4 Å². The Labute approximate surface area is 178 Å². The largest absolute Gasteiger partial charge is 0.337 e. The van der Waals surface area contributed by atoms with E-state index in [0.29, 0.717) is 12.2 Å². The maximum absolute atomic E-state index is 13.0. The zero-order chi connectivity index (χ0) is 22.7. The van der Waals surface area contributed by atoms with Crippen molar-refractivity contribution in [3.8, 4) is 0 Å². The second kappa shape index (κ2) is 8.95. The summed E-state index contributed by atoms with van der Waals surface area (Å²) >= 11 is 0. The molecule has 3 aromatic rings. The van der Waals surface area contributed by atoms with E-state index in [2.05, 4.69) is 10.4 Å². The number of pyridine rings is 1. The van der Waals surface area contributed by atoms with Crippen molar-refractivity contribution in [2.24, 2.45) is 7.05 Å². The number of amides is 2. The lowest BCUT2D eigenvalue weighted by Gasteiger charge is -2.18. The molecule has 2 heterocycles. The Morgan fingerprint density at radius 1 is 1.13 bits per heavy atom. The van der Waals surface area contributed by atoms with Crippen molar-refractivity contribution in [1.82, 2.24) is 19.2 Å². The van der Waals surface area contributed by atoms with Crippen molar-refractivity contribution in [2.75, 3.05) is 12.4 Å². The van der Waals surface area contributed by atoms with Crippen LogP contribution in [0, 0.1) is 19.7 Å². The van der Waals surface area contributed by atoms with E-state index in [1.54, 1.807) is 16.6 Å². The zero-order valence-corrected chi connectivity index (χ0v) is 17.8. The predicted octanol–water partition coefficient (Wildman–Crippen LogP) is 2.25. The normalized spacial score (nSPS) is 10.7. The Bertz CT molecular complexity index is 1180. The third-order valence-electron chi connectivity index (χ3n) is 5.07. The molecule has 3 rings (SSSR count). The fourth-order valence-electron chi connectivity index (χ4n) is 3.25. The minimum atomic E-state index is -0.465. The Kier molecular flexibility index (Phi) is 6.33. The first-order valence-electron chi connectivity index (χ1n) is 9.66. The number of anilines is 1. The molecule has 2 aromatic heterocycles. The van der Waals surface area contributed by atoms with E-state index in [1.165, 1.54) is 47.2 Å². The highest BCUT2D eigenvalue weighted by Crippen LogP contribution is 2.15. The maximum atomic E-state index is 13.0. The summed E-state index contributed by atoms with van der Waals surface area (Å²) in [7, 11) is 3.52. The Morgan fingerprint density at radius 2 is 1.81 bits per heavy atom. The highest BCUT2D eigenvalue weighted by atomic mass is 19.1. The molecule has 0 spiro atoms. The smallest absolute Gasteiger partial charge is 0.255 e. The van der Waals surface area contributed by atoms with E-state index in [9.17, 15) is 18.8 Å². The summed E-state index contributed by atoms with van der Waals surface area (Å²) in [5.74, 6) is -1.16. The van der Waals surface area contributed by atoms with Gasteiger partial charge in [-0.25, -0.2) is 4.39 Å². The molecule has 2 amide bonds. The van der Waals surface area contributed by atoms with Crippen molar-refractivity contribution < 1.29 is 14.0 Å². The van der Waals surface area contributed by atoms with Crippen LogP contribution >= 0.6 is 0 Å². The van der Waals surface area contributed by atoms with Crippen LogP contribution in [0.1, 0.15) is 27.3 Å². The highest BCUT2D eigenvalue weighted by Gasteiger charge is 2.18. The van der Waals surface area contributed by atoms with Gasteiger partial charge in [-0.15, -0.1) is 0 Å². The summed E-state index contributed by atoms with van der Waals surface area (Å²) in [6.45, 7) is 3.92. The van der Waals surface area contributed by atoms with Crippen LogP contribution in [-0.4, -0.2) is 38.1 Å². The topological polar surface area (TPSA) is 89.2 Å². The molecule has 0 fully saturated rings. The molecular weight excluding hydrogens is 401 g/mol. The first kappa shape index (κ1) is 21.9. The molecule has 0 unspecified atom stereocenters. The lowest BCUT2D eigenvalue weighted by atomic mass is 10.1. The van der Waals surface area contributed by atoms with Gasteiger partial charge >= 0.3 is 0 Å². The SMILES string of the molecule is Cc1nn(C)c(C)c1CN(C)C(=O)c1ccc(=O)n(CC(=O)Nc2ccc(F)cc2)c1. The van der Waals surface area contributed by atoms with Crippen LogP contribution in [-0.2, 0) is 24.9 Å². The third kappa shape index (κ3) is 5.06. The summed E-state index contributed by atoms with van der Waals surface area (Å²) in [5, 5.41) is 6.96. The number of aryl methyl sites for hydroxylation is 2. The number of nitrogens with zero attached hydrogens (tertiary/aromatic N) is 4. The zero-order valence-electron chi connectivity index (χ0n) is 17.8. The van der Waals surface area contributed by atoms with Crippen LogP contribution in [0.25, 0.3) is 0 Å². The van der Waals surface area contributed by atoms with Gasteiger partial charge in [0.2, 0.25) is 5.91 Å². The first-order valence-corrected chi connectivity index (χ1v) is 9.66. The second-order valence-electron chi connectivity index (χ2n) is 7.37. The van der Waals surface area contributed by atoms with Crippen LogP contribution in [0.3, 0.4) is 0 Å². The number of halogens is 1. The average molecular weight is 425 g/mol.